The molecular weight excluding hydrogens is 342 g/mol. The normalized spacial score (nSPS) is 14.8. The van der Waals surface area contributed by atoms with E-state index in [-0.39, 0.29) is 22.8 Å². The molecule has 1 heterocycles. The molecule has 24 heavy (non-hydrogen) atoms. The lowest BCUT2D eigenvalue weighted by atomic mass is 10.2. The van der Waals surface area contributed by atoms with E-state index in [4.69, 9.17) is 5.11 Å². The van der Waals surface area contributed by atoms with Crippen molar-refractivity contribution in [3.8, 4) is 0 Å². The lowest BCUT2D eigenvalue weighted by Gasteiger charge is -2.13. The highest BCUT2D eigenvalue weighted by Crippen LogP contribution is 2.29. The molecular formula is C13H13N3O7S. The molecule has 0 spiro atoms. The van der Waals surface area contributed by atoms with Crippen molar-refractivity contribution in [2.75, 3.05) is 24.7 Å². The average molecular weight is 355 g/mol. The van der Waals surface area contributed by atoms with Crippen molar-refractivity contribution < 1.29 is 28.0 Å². The van der Waals surface area contributed by atoms with E-state index in [1.54, 1.807) is 0 Å². The predicted molar refractivity (Wildman–Crippen MR) is 81.7 cm³/mol. The van der Waals surface area contributed by atoms with Crippen molar-refractivity contribution >= 4 is 33.0 Å². The van der Waals surface area contributed by atoms with Crippen molar-refractivity contribution in [1.29, 1.82) is 0 Å². The van der Waals surface area contributed by atoms with Gasteiger partial charge in [0.2, 0.25) is 0 Å². The number of carbonyl (C=O) groups is 2. The van der Waals surface area contributed by atoms with Crippen molar-refractivity contribution in [2.45, 2.75) is 4.90 Å². The number of imide groups is 1. The van der Waals surface area contributed by atoms with Gasteiger partial charge < -0.3 is 10.4 Å². The zero-order chi connectivity index (χ0) is 18.1. The van der Waals surface area contributed by atoms with Crippen LogP contribution in [0, 0.1) is 10.1 Å². The number of β-amino-alcohol motifs (C(OH)–C–C–N with tert-alkyl or cyclic N) is 1. The van der Waals surface area contributed by atoms with Gasteiger partial charge in [0.05, 0.1) is 23.0 Å². The molecule has 0 unspecified atom stereocenters. The molecule has 1 aliphatic rings. The van der Waals surface area contributed by atoms with Gasteiger partial charge >= 0.3 is 0 Å². The number of nitro groups is 1. The summed E-state index contributed by atoms with van der Waals surface area (Å²) in [5.41, 5.74) is -0.894. The minimum Gasteiger partial charge on any atom is -0.395 e. The van der Waals surface area contributed by atoms with Gasteiger partial charge in [0, 0.05) is 18.4 Å². The summed E-state index contributed by atoms with van der Waals surface area (Å²) in [6, 6.07) is 3.16. The number of anilines is 1. The lowest BCUT2D eigenvalue weighted by Crippen LogP contribution is -2.34. The number of aliphatic hydroxyl groups excluding tert-OH is 1. The van der Waals surface area contributed by atoms with E-state index in [2.05, 4.69) is 5.32 Å². The number of nitro benzene ring substituents is 1. The number of aliphatic hydroxyl groups is 1. The number of amides is 2. The maximum absolute atomic E-state index is 12.0. The molecule has 0 atom stereocenters. The van der Waals surface area contributed by atoms with Crippen LogP contribution in [0.15, 0.2) is 34.9 Å². The van der Waals surface area contributed by atoms with Gasteiger partial charge in [-0.05, 0) is 12.1 Å². The van der Waals surface area contributed by atoms with E-state index in [1.807, 2.05) is 0 Å². The van der Waals surface area contributed by atoms with Crippen LogP contribution in [-0.2, 0) is 19.4 Å². The van der Waals surface area contributed by atoms with Crippen molar-refractivity contribution in [2.24, 2.45) is 0 Å². The molecule has 0 saturated carbocycles. The SMILES string of the molecule is CS(=O)(=O)c1ccc(NC2=CC(=O)N(CCO)C2=O)c([N+](=O)[O-])c1. The highest BCUT2D eigenvalue weighted by Gasteiger charge is 2.32. The summed E-state index contributed by atoms with van der Waals surface area (Å²) < 4.78 is 23.0. The third kappa shape index (κ3) is 3.41. The molecule has 0 radical (unpaired) electrons. The number of hydrogen-bond donors (Lipinski definition) is 2. The van der Waals surface area contributed by atoms with Gasteiger partial charge in [0.25, 0.3) is 17.5 Å². The van der Waals surface area contributed by atoms with Crippen LogP contribution in [0.1, 0.15) is 0 Å². The summed E-state index contributed by atoms with van der Waals surface area (Å²) in [6.07, 6.45) is 1.86. The second-order valence-corrected chi connectivity index (χ2v) is 6.93. The maximum Gasteiger partial charge on any atom is 0.293 e. The average Bonchev–Trinajstić information content (AvgIpc) is 2.74. The van der Waals surface area contributed by atoms with Crippen molar-refractivity contribution in [3.63, 3.8) is 0 Å². The van der Waals surface area contributed by atoms with Crippen molar-refractivity contribution in [1.82, 2.24) is 4.90 Å². The molecule has 1 aromatic carbocycles. The summed E-state index contributed by atoms with van der Waals surface area (Å²) in [4.78, 5) is 34.5. The van der Waals surface area contributed by atoms with Crippen LogP contribution in [-0.4, -0.2) is 54.6 Å². The summed E-state index contributed by atoms with van der Waals surface area (Å²) in [5, 5.41) is 22.4. The number of sulfone groups is 1. The largest absolute Gasteiger partial charge is 0.395 e. The van der Waals surface area contributed by atoms with Crippen LogP contribution < -0.4 is 5.32 Å². The predicted octanol–water partition coefficient (Wildman–Crippen LogP) is -0.345. The first-order chi connectivity index (χ1) is 11.1. The zero-order valence-corrected chi connectivity index (χ0v) is 13.2. The Hall–Kier alpha value is -2.79. The van der Waals surface area contributed by atoms with Gasteiger partial charge in [-0.2, -0.15) is 0 Å². The fourth-order valence-electron chi connectivity index (χ4n) is 2.05. The van der Waals surface area contributed by atoms with Crippen LogP contribution in [0.4, 0.5) is 11.4 Å². The van der Waals surface area contributed by atoms with Gasteiger partial charge in [0.1, 0.15) is 11.4 Å². The first kappa shape index (κ1) is 17.6. The molecule has 11 heteroatoms. The second kappa shape index (κ2) is 6.37. The molecule has 128 valence electrons. The van der Waals surface area contributed by atoms with Crippen molar-refractivity contribution in [3.05, 3.63) is 40.1 Å². The minimum absolute atomic E-state index is 0.134. The third-order valence-corrected chi connectivity index (χ3v) is 4.31. The Balaban J connectivity index is 2.37. The van der Waals surface area contributed by atoms with E-state index in [9.17, 15) is 28.1 Å². The number of benzene rings is 1. The summed E-state index contributed by atoms with van der Waals surface area (Å²) in [6.45, 7) is -0.615. The Morgan fingerprint density at radius 2 is 2.00 bits per heavy atom. The fraction of sp³-hybridized carbons (Fsp3) is 0.231. The van der Waals surface area contributed by atoms with Crippen LogP contribution in [0.5, 0.6) is 0 Å². The topological polar surface area (TPSA) is 147 Å². The van der Waals surface area contributed by atoms with E-state index in [0.717, 1.165) is 35.4 Å². The molecule has 10 nitrogen and oxygen atoms in total. The number of nitrogens with one attached hydrogen (secondary N) is 1. The van der Waals surface area contributed by atoms with E-state index >= 15 is 0 Å². The van der Waals surface area contributed by atoms with Crippen LogP contribution >= 0.6 is 0 Å². The number of rotatable bonds is 6. The monoisotopic (exact) mass is 355 g/mol. The van der Waals surface area contributed by atoms with Crippen LogP contribution in [0.2, 0.25) is 0 Å². The molecule has 0 bridgehead atoms. The molecule has 1 aromatic rings. The highest BCUT2D eigenvalue weighted by molar-refractivity contribution is 7.90. The molecule has 0 aromatic heterocycles. The van der Waals surface area contributed by atoms with E-state index in [0.29, 0.717) is 0 Å². The molecule has 0 aliphatic carbocycles. The summed E-state index contributed by atoms with van der Waals surface area (Å²) in [7, 11) is -3.64. The summed E-state index contributed by atoms with van der Waals surface area (Å²) in [5.74, 6) is -1.40. The molecule has 2 rings (SSSR count). The fourth-order valence-corrected chi connectivity index (χ4v) is 2.69. The Kier molecular flexibility index (Phi) is 4.66. The smallest absolute Gasteiger partial charge is 0.293 e. The summed E-state index contributed by atoms with van der Waals surface area (Å²) >= 11 is 0. The van der Waals surface area contributed by atoms with Gasteiger partial charge in [-0.3, -0.25) is 24.6 Å². The Labute approximate surface area is 136 Å². The number of hydrogen-bond acceptors (Lipinski definition) is 8. The van der Waals surface area contributed by atoms with Gasteiger partial charge in [-0.1, -0.05) is 0 Å². The first-order valence-corrected chi connectivity index (χ1v) is 8.48. The lowest BCUT2D eigenvalue weighted by molar-refractivity contribution is -0.384. The quantitative estimate of drug-likeness (QED) is 0.400. The first-order valence-electron chi connectivity index (χ1n) is 6.59. The second-order valence-electron chi connectivity index (χ2n) is 4.91. The van der Waals surface area contributed by atoms with Crippen LogP contribution in [0.3, 0.4) is 0 Å². The zero-order valence-electron chi connectivity index (χ0n) is 12.4. The van der Waals surface area contributed by atoms with E-state index < -0.39 is 38.9 Å². The standard InChI is InChI=1S/C13H13N3O7S/c1-24(22,23)8-2-3-9(11(6-8)16(20)21)14-10-7-12(18)15(4-5-17)13(10)19/h2-3,6-7,14,17H,4-5H2,1H3. The molecule has 2 N–H and O–H groups in total. The Morgan fingerprint density at radius 1 is 1.33 bits per heavy atom. The Bertz CT molecular complexity index is 860. The molecule has 1 aliphatic heterocycles. The van der Waals surface area contributed by atoms with Gasteiger partial charge in [-0.15, -0.1) is 0 Å². The van der Waals surface area contributed by atoms with Gasteiger partial charge in [0.15, 0.2) is 9.84 Å². The molecule has 0 fully saturated rings. The number of carbonyl (C=O) groups excluding carboxylic acids is 2. The highest BCUT2D eigenvalue weighted by atomic mass is 32.2. The molecule has 2 amide bonds. The van der Waals surface area contributed by atoms with E-state index in [1.165, 1.54) is 0 Å². The van der Waals surface area contributed by atoms with Crippen LogP contribution in [0.25, 0.3) is 0 Å². The Morgan fingerprint density at radius 3 is 2.54 bits per heavy atom. The minimum atomic E-state index is -3.64. The number of nitrogens with zero attached hydrogens (tertiary/aromatic N) is 2. The van der Waals surface area contributed by atoms with Gasteiger partial charge in [-0.25, -0.2) is 8.42 Å². The third-order valence-electron chi connectivity index (χ3n) is 3.20. The molecule has 0 saturated heterocycles. The maximum atomic E-state index is 12.0.